The van der Waals surface area contributed by atoms with Crippen LogP contribution >= 0.6 is 0 Å². The van der Waals surface area contributed by atoms with Gasteiger partial charge >= 0.3 is 0 Å². The summed E-state index contributed by atoms with van der Waals surface area (Å²) in [7, 11) is 1.83. The van der Waals surface area contributed by atoms with Crippen LogP contribution < -0.4 is 5.32 Å². The molecule has 3 N–H and O–H groups in total. The lowest BCUT2D eigenvalue weighted by Crippen LogP contribution is -2.16. The first kappa shape index (κ1) is 9.24. The average molecular weight is 190 g/mol. The van der Waals surface area contributed by atoms with Gasteiger partial charge in [-0.15, -0.1) is 0 Å². The average Bonchev–Trinajstić information content (AvgIpc) is 2.61. The van der Waals surface area contributed by atoms with Crippen LogP contribution in [0.1, 0.15) is 11.7 Å². The lowest BCUT2D eigenvalue weighted by atomic mass is 10.1. The Bertz CT molecular complexity index is 422. The fourth-order valence-corrected chi connectivity index (χ4v) is 1.67. The highest BCUT2D eigenvalue weighted by molar-refractivity contribution is 5.83. The molecule has 3 heteroatoms. The minimum atomic E-state index is -0.448. The minimum Gasteiger partial charge on any atom is -0.387 e. The van der Waals surface area contributed by atoms with Crippen molar-refractivity contribution in [3.05, 3.63) is 36.0 Å². The molecule has 0 bridgehead atoms. The zero-order chi connectivity index (χ0) is 9.97. The normalized spacial score (nSPS) is 13.3. The molecule has 0 amide bonds. The highest BCUT2D eigenvalue weighted by Gasteiger charge is 2.10. The first-order chi connectivity index (χ1) is 6.83. The van der Waals surface area contributed by atoms with Crippen molar-refractivity contribution in [3.8, 4) is 0 Å². The number of hydrogen-bond acceptors (Lipinski definition) is 2. The summed E-state index contributed by atoms with van der Waals surface area (Å²) in [6.45, 7) is 0.571. The topological polar surface area (TPSA) is 48.0 Å². The molecule has 1 aromatic heterocycles. The summed E-state index contributed by atoms with van der Waals surface area (Å²) in [6, 6.07) is 7.98. The van der Waals surface area contributed by atoms with Crippen molar-refractivity contribution in [1.82, 2.24) is 10.3 Å². The molecule has 1 unspecified atom stereocenters. The third-order valence-corrected chi connectivity index (χ3v) is 2.38. The van der Waals surface area contributed by atoms with Crippen molar-refractivity contribution in [2.75, 3.05) is 13.6 Å². The molecule has 1 heterocycles. The van der Waals surface area contributed by atoms with Crippen molar-refractivity contribution in [2.24, 2.45) is 0 Å². The second-order valence-electron chi connectivity index (χ2n) is 3.36. The van der Waals surface area contributed by atoms with Crippen molar-refractivity contribution in [1.29, 1.82) is 0 Å². The van der Waals surface area contributed by atoms with E-state index in [0.29, 0.717) is 6.54 Å². The number of likely N-dealkylation sites (N-methyl/N-ethyl adjacent to an activating group) is 1. The predicted molar refractivity (Wildman–Crippen MR) is 57.2 cm³/mol. The number of H-pyrrole nitrogens is 1. The second-order valence-corrected chi connectivity index (χ2v) is 3.36. The molecule has 0 radical (unpaired) electrons. The Morgan fingerprint density at radius 2 is 2.21 bits per heavy atom. The van der Waals surface area contributed by atoms with Crippen LogP contribution in [-0.4, -0.2) is 23.7 Å². The molecule has 0 saturated heterocycles. The molecule has 1 aromatic carbocycles. The van der Waals surface area contributed by atoms with Crippen molar-refractivity contribution >= 4 is 10.9 Å². The third kappa shape index (κ3) is 1.52. The van der Waals surface area contributed by atoms with Crippen molar-refractivity contribution in [2.45, 2.75) is 6.10 Å². The first-order valence-corrected chi connectivity index (χ1v) is 4.71. The molecular weight excluding hydrogens is 176 g/mol. The largest absolute Gasteiger partial charge is 0.387 e. The van der Waals surface area contributed by atoms with Gasteiger partial charge in [0.15, 0.2) is 0 Å². The van der Waals surface area contributed by atoms with Crippen molar-refractivity contribution in [3.63, 3.8) is 0 Å². The number of para-hydroxylation sites is 1. The van der Waals surface area contributed by atoms with E-state index in [1.807, 2.05) is 37.5 Å². The standard InChI is InChI=1S/C11H14N2O/c1-12-7-11(14)9-6-13-10-5-3-2-4-8(9)10/h2-6,11-14H,7H2,1H3. The number of nitrogens with one attached hydrogen (secondary N) is 2. The summed E-state index contributed by atoms with van der Waals surface area (Å²) >= 11 is 0. The van der Waals surface area contributed by atoms with Crippen LogP contribution in [0.15, 0.2) is 30.5 Å². The van der Waals surface area contributed by atoms with Gasteiger partial charge in [0.25, 0.3) is 0 Å². The van der Waals surface area contributed by atoms with E-state index in [9.17, 15) is 5.11 Å². The van der Waals surface area contributed by atoms with Gasteiger partial charge in [0, 0.05) is 29.2 Å². The Kier molecular flexibility index (Phi) is 2.52. The van der Waals surface area contributed by atoms with Gasteiger partial charge in [0.05, 0.1) is 6.10 Å². The molecular formula is C11H14N2O. The Hall–Kier alpha value is -1.32. The van der Waals surface area contributed by atoms with Crippen LogP contribution in [-0.2, 0) is 0 Å². The Morgan fingerprint density at radius 3 is 3.00 bits per heavy atom. The van der Waals surface area contributed by atoms with Crippen LogP contribution in [0.2, 0.25) is 0 Å². The number of rotatable bonds is 3. The van der Waals surface area contributed by atoms with Gasteiger partial charge in [-0.2, -0.15) is 0 Å². The molecule has 2 rings (SSSR count). The van der Waals surface area contributed by atoms with Crippen LogP contribution in [0, 0.1) is 0 Å². The molecule has 0 aliphatic carbocycles. The Labute approximate surface area is 82.8 Å². The molecule has 1 atom stereocenters. The van der Waals surface area contributed by atoms with Crippen LogP contribution in [0.3, 0.4) is 0 Å². The molecule has 0 spiro atoms. The van der Waals surface area contributed by atoms with Crippen LogP contribution in [0.4, 0.5) is 0 Å². The zero-order valence-electron chi connectivity index (χ0n) is 8.12. The summed E-state index contributed by atoms with van der Waals surface area (Å²) in [5.74, 6) is 0. The second kappa shape index (κ2) is 3.82. The maximum absolute atomic E-state index is 9.82. The molecule has 0 fully saturated rings. The van der Waals surface area contributed by atoms with E-state index in [0.717, 1.165) is 16.5 Å². The van der Waals surface area contributed by atoms with E-state index in [2.05, 4.69) is 10.3 Å². The van der Waals surface area contributed by atoms with Gasteiger partial charge in [-0.3, -0.25) is 0 Å². The fourth-order valence-electron chi connectivity index (χ4n) is 1.67. The van der Waals surface area contributed by atoms with Gasteiger partial charge in [-0.1, -0.05) is 18.2 Å². The lowest BCUT2D eigenvalue weighted by molar-refractivity contribution is 0.179. The number of benzene rings is 1. The van der Waals surface area contributed by atoms with E-state index >= 15 is 0 Å². The minimum absolute atomic E-state index is 0.448. The number of aromatic amines is 1. The van der Waals surface area contributed by atoms with Crippen LogP contribution in [0.25, 0.3) is 10.9 Å². The molecule has 3 nitrogen and oxygen atoms in total. The van der Waals surface area contributed by atoms with E-state index in [-0.39, 0.29) is 0 Å². The fraction of sp³-hybridized carbons (Fsp3) is 0.273. The molecule has 0 saturated carbocycles. The molecule has 0 aliphatic rings. The van der Waals surface area contributed by atoms with Gasteiger partial charge in [-0.05, 0) is 13.1 Å². The van der Waals surface area contributed by atoms with Crippen molar-refractivity contribution < 1.29 is 5.11 Å². The smallest absolute Gasteiger partial charge is 0.0934 e. The summed E-state index contributed by atoms with van der Waals surface area (Å²) in [4.78, 5) is 3.14. The van der Waals surface area contributed by atoms with Gasteiger partial charge in [0.1, 0.15) is 0 Å². The molecule has 0 aliphatic heterocycles. The summed E-state index contributed by atoms with van der Waals surface area (Å²) in [6.07, 6.45) is 1.42. The van der Waals surface area contributed by atoms with Gasteiger partial charge in [0.2, 0.25) is 0 Å². The summed E-state index contributed by atoms with van der Waals surface area (Å²) in [5, 5.41) is 13.9. The van der Waals surface area contributed by atoms with E-state index in [1.54, 1.807) is 0 Å². The lowest BCUT2D eigenvalue weighted by Gasteiger charge is -2.08. The van der Waals surface area contributed by atoms with E-state index in [4.69, 9.17) is 0 Å². The molecule has 74 valence electrons. The maximum Gasteiger partial charge on any atom is 0.0934 e. The van der Waals surface area contributed by atoms with Gasteiger partial charge in [-0.25, -0.2) is 0 Å². The Morgan fingerprint density at radius 1 is 1.43 bits per heavy atom. The van der Waals surface area contributed by atoms with E-state index in [1.165, 1.54) is 0 Å². The van der Waals surface area contributed by atoms with Gasteiger partial charge < -0.3 is 15.4 Å². The SMILES string of the molecule is CNCC(O)c1c[nH]c2ccccc12. The molecule has 2 aromatic rings. The number of fused-ring (bicyclic) bond motifs is 1. The first-order valence-electron chi connectivity index (χ1n) is 4.71. The monoisotopic (exact) mass is 190 g/mol. The number of aromatic nitrogens is 1. The highest BCUT2D eigenvalue weighted by atomic mass is 16.3. The highest BCUT2D eigenvalue weighted by Crippen LogP contribution is 2.23. The number of hydrogen-bond donors (Lipinski definition) is 3. The summed E-state index contributed by atoms with van der Waals surface area (Å²) in [5.41, 5.74) is 2.02. The number of aliphatic hydroxyl groups excluding tert-OH is 1. The zero-order valence-corrected chi connectivity index (χ0v) is 8.12. The molecule has 14 heavy (non-hydrogen) atoms. The maximum atomic E-state index is 9.82. The summed E-state index contributed by atoms with van der Waals surface area (Å²) < 4.78 is 0. The number of aliphatic hydroxyl groups is 1. The predicted octanol–water partition coefficient (Wildman–Crippen LogP) is 1.42. The quantitative estimate of drug-likeness (QED) is 0.685. The Balaban J connectivity index is 2.42. The van der Waals surface area contributed by atoms with E-state index < -0.39 is 6.10 Å². The van der Waals surface area contributed by atoms with Crippen LogP contribution in [0.5, 0.6) is 0 Å². The third-order valence-electron chi connectivity index (χ3n) is 2.38.